The highest BCUT2D eigenvalue weighted by Crippen LogP contribution is 2.31. The van der Waals surface area contributed by atoms with E-state index in [-0.39, 0.29) is 5.91 Å². The van der Waals surface area contributed by atoms with Crippen LogP contribution >= 0.6 is 0 Å². The molecule has 1 saturated heterocycles. The van der Waals surface area contributed by atoms with E-state index >= 15 is 0 Å². The van der Waals surface area contributed by atoms with E-state index in [4.69, 9.17) is 0 Å². The van der Waals surface area contributed by atoms with Gasteiger partial charge in [-0.2, -0.15) is 0 Å². The second kappa shape index (κ2) is 10.1. The fraction of sp³-hybridized carbons (Fsp3) is 0.290. The minimum Gasteiger partial charge on any atom is -0.385 e. The van der Waals surface area contributed by atoms with Crippen LogP contribution in [0.15, 0.2) is 91.1 Å². The van der Waals surface area contributed by atoms with Crippen molar-refractivity contribution in [3.8, 4) is 0 Å². The van der Waals surface area contributed by atoms with Crippen molar-refractivity contribution < 1.29 is 4.79 Å². The number of pyridine rings is 1. The Hall–Kier alpha value is -3.70. The molecule has 1 fully saturated rings. The average Bonchev–Trinajstić information content (AvgIpc) is 3.28. The predicted octanol–water partition coefficient (Wildman–Crippen LogP) is 5.73. The maximum atomic E-state index is 14.0. The second-order valence-electron chi connectivity index (χ2n) is 10.0. The van der Waals surface area contributed by atoms with E-state index in [2.05, 4.69) is 74.7 Å². The number of hydrogen-bond donors (Lipinski definition) is 1. The molecule has 36 heavy (non-hydrogen) atoms. The summed E-state index contributed by atoms with van der Waals surface area (Å²) in [5, 5.41) is 4.67. The number of hydrogen-bond acceptors (Lipinski definition) is 4. The number of nitrogens with zero attached hydrogens (tertiary/aromatic N) is 3. The highest BCUT2D eigenvalue weighted by molar-refractivity contribution is 5.98. The standard InChI is InChI=1S/C31H32N4O/c36-31(25-12-15-30-24(19-25)10-6-17-32-30)34-21-26-9-4-5-11-29(26)33-18-16-27-13-14-28(22-34)35(27)20-23-7-2-1-3-8-23/h1-12,15,17,19,27-28,33H,13-14,16,18,20-22H2/t27-,28+/m0/s1. The minimum atomic E-state index is 0.0814. The van der Waals surface area contributed by atoms with Crippen LogP contribution in [0.4, 0.5) is 5.69 Å². The third-order valence-electron chi connectivity index (χ3n) is 7.72. The van der Waals surface area contributed by atoms with Gasteiger partial charge in [0.2, 0.25) is 0 Å². The van der Waals surface area contributed by atoms with E-state index in [1.165, 1.54) is 17.5 Å². The summed E-state index contributed by atoms with van der Waals surface area (Å²) in [5.74, 6) is 0.0814. The molecular weight excluding hydrogens is 444 g/mol. The molecule has 182 valence electrons. The summed E-state index contributed by atoms with van der Waals surface area (Å²) in [7, 11) is 0. The normalized spacial score (nSPS) is 20.4. The lowest BCUT2D eigenvalue weighted by Gasteiger charge is -2.34. The van der Waals surface area contributed by atoms with Gasteiger partial charge in [0.05, 0.1) is 5.52 Å². The molecule has 1 N–H and O–H groups in total. The van der Waals surface area contributed by atoms with Crippen molar-refractivity contribution in [3.63, 3.8) is 0 Å². The Labute approximate surface area is 212 Å². The van der Waals surface area contributed by atoms with E-state index in [9.17, 15) is 4.79 Å². The van der Waals surface area contributed by atoms with Crippen molar-refractivity contribution in [2.45, 2.75) is 44.4 Å². The topological polar surface area (TPSA) is 48.5 Å². The summed E-state index contributed by atoms with van der Waals surface area (Å²) >= 11 is 0. The van der Waals surface area contributed by atoms with E-state index in [1.807, 2.05) is 30.3 Å². The Bertz CT molecular complexity index is 1360. The van der Waals surface area contributed by atoms with Gasteiger partial charge in [-0.3, -0.25) is 14.7 Å². The molecule has 4 aromatic rings. The first-order chi connectivity index (χ1) is 17.7. The summed E-state index contributed by atoms with van der Waals surface area (Å²) in [5.41, 5.74) is 5.26. The maximum Gasteiger partial charge on any atom is 0.254 e. The highest BCUT2D eigenvalue weighted by Gasteiger charge is 2.35. The van der Waals surface area contributed by atoms with Gasteiger partial charge in [-0.25, -0.2) is 0 Å². The second-order valence-corrected chi connectivity index (χ2v) is 10.0. The van der Waals surface area contributed by atoms with E-state index < -0.39 is 0 Å². The molecule has 2 aliphatic rings. The van der Waals surface area contributed by atoms with E-state index in [0.29, 0.717) is 18.6 Å². The zero-order chi connectivity index (χ0) is 24.3. The Morgan fingerprint density at radius 3 is 2.64 bits per heavy atom. The van der Waals surface area contributed by atoms with Crippen LogP contribution in [0.5, 0.6) is 0 Å². The minimum absolute atomic E-state index is 0.0814. The summed E-state index contributed by atoms with van der Waals surface area (Å²) in [6, 6.07) is 29.8. The van der Waals surface area contributed by atoms with Crippen LogP contribution < -0.4 is 5.32 Å². The lowest BCUT2D eigenvalue weighted by Crippen LogP contribution is -2.44. The van der Waals surface area contributed by atoms with Gasteiger partial charge in [-0.15, -0.1) is 0 Å². The number of carbonyl (C=O) groups excluding carboxylic acids is 1. The molecule has 0 saturated carbocycles. The molecule has 2 bridgehead atoms. The molecule has 0 aliphatic carbocycles. The summed E-state index contributed by atoms with van der Waals surface area (Å²) in [6.07, 6.45) is 5.18. The monoisotopic (exact) mass is 476 g/mol. The van der Waals surface area contributed by atoms with Crippen LogP contribution in [-0.4, -0.2) is 45.9 Å². The molecule has 1 aromatic heterocycles. The van der Waals surface area contributed by atoms with Crippen LogP contribution in [0.3, 0.4) is 0 Å². The first-order valence-electron chi connectivity index (χ1n) is 13.0. The Morgan fingerprint density at radius 2 is 1.72 bits per heavy atom. The van der Waals surface area contributed by atoms with E-state index in [0.717, 1.165) is 54.6 Å². The quantitative estimate of drug-likeness (QED) is 0.411. The van der Waals surface area contributed by atoms with Crippen LogP contribution in [-0.2, 0) is 13.1 Å². The van der Waals surface area contributed by atoms with Crippen LogP contribution in [0.1, 0.15) is 40.7 Å². The van der Waals surface area contributed by atoms with Gasteiger partial charge < -0.3 is 10.2 Å². The molecule has 2 atom stereocenters. The predicted molar refractivity (Wildman–Crippen MR) is 145 cm³/mol. The van der Waals surface area contributed by atoms with Crippen LogP contribution in [0.2, 0.25) is 0 Å². The van der Waals surface area contributed by atoms with Crippen molar-refractivity contribution in [1.29, 1.82) is 0 Å². The summed E-state index contributed by atoms with van der Waals surface area (Å²) in [4.78, 5) is 23.1. The fourth-order valence-electron chi connectivity index (χ4n) is 5.85. The number of benzene rings is 3. The first kappa shape index (κ1) is 22.7. The van der Waals surface area contributed by atoms with Crippen molar-refractivity contribution in [2.24, 2.45) is 0 Å². The average molecular weight is 477 g/mol. The summed E-state index contributed by atoms with van der Waals surface area (Å²) < 4.78 is 0. The molecule has 2 aliphatic heterocycles. The lowest BCUT2D eigenvalue weighted by atomic mass is 10.1. The van der Waals surface area contributed by atoms with Crippen molar-refractivity contribution >= 4 is 22.5 Å². The largest absolute Gasteiger partial charge is 0.385 e. The van der Waals surface area contributed by atoms with Gasteiger partial charge in [0.15, 0.2) is 0 Å². The third-order valence-corrected chi connectivity index (χ3v) is 7.72. The fourth-order valence-corrected chi connectivity index (χ4v) is 5.85. The molecule has 0 spiro atoms. The summed E-state index contributed by atoms with van der Waals surface area (Å²) in [6.45, 7) is 3.17. The van der Waals surface area contributed by atoms with Gasteiger partial charge in [-0.05, 0) is 60.7 Å². The van der Waals surface area contributed by atoms with Crippen molar-refractivity contribution in [3.05, 3.63) is 108 Å². The Balaban J connectivity index is 1.35. The molecular formula is C31H32N4O. The number of nitrogens with one attached hydrogen (secondary N) is 1. The molecule has 3 aromatic carbocycles. The van der Waals surface area contributed by atoms with Gasteiger partial charge in [0, 0.05) is 61.1 Å². The Kier molecular flexibility index (Phi) is 6.39. The number of rotatable bonds is 3. The number of fused-ring (bicyclic) bond motifs is 4. The highest BCUT2D eigenvalue weighted by atomic mass is 16.2. The maximum absolute atomic E-state index is 14.0. The Morgan fingerprint density at radius 1 is 0.889 bits per heavy atom. The van der Waals surface area contributed by atoms with Crippen molar-refractivity contribution in [1.82, 2.24) is 14.8 Å². The number of amides is 1. The van der Waals surface area contributed by atoms with Gasteiger partial charge >= 0.3 is 0 Å². The number of para-hydroxylation sites is 1. The van der Waals surface area contributed by atoms with Gasteiger partial charge in [0.1, 0.15) is 0 Å². The molecule has 3 heterocycles. The SMILES string of the molecule is O=C(c1ccc2ncccc2c1)N1Cc2ccccc2NCC[C@@H]2CC[C@H](C1)N2Cc1ccccc1. The first-order valence-corrected chi connectivity index (χ1v) is 13.0. The molecule has 0 radical (unpaired) electrons. The number of carbonyl (C=O) groups is 1. The van der Waals surface area contributed by atoms with Crippen LogP contribution in [0, 0.1) is 0 Å². The molecule has 5 nitrogen and oxygen atoms in total. The van der Waals surface area contributed by atoms with Gasteiger partial charge in [-0.1, -0.05) is 54.6 Å². The third kappa shape index (κ3) is 4.71. The number of aromatic nitrogens is 1. The smallest absolute Gasteiger partial charge is 0.254 e. The zero-order valence-corrected chi connectivity index (χ0v) is 20.5. The molecule has 6 rings (SSSR count). The van der Waals surface area contributed by atoms with Crippen LogP contribution in [0.25, 0.3) is 10.9 Å². The van der Waals surface area contributed by atoms with Crippen molar-refractivity contribution in [2.75, 3.05) is 18.4 Å². The van der Waals surface area contributed by atoms with E-state index in [1.54, 1.807) is 6.20 Å². The zero-order valence-electron chi connectivity index (χ0n) is 20.5. The molecule has 0 unspecified atom stereocenters. The molecule has 5 heteroatoms. The van der Waals surface area contributed by atoms with Gasteiger partial charge in [0.25, 0.3) is 5.91 Å². The lowest BCUT2D eigenvalue weighted by molar-refractivity contribution is 0.0663. The number of anilines is 1. The molecule has 1 amide bonds.